The fourth-order valence-electron chi connectivity index (χ4n) is 1.69. The summed E-state index contributed by atoms with van der Waals surface area (Å²) in [5.74, 6) is -0.102. The van der Waals surface area contributed by atoms with Gasteiger partial charge in [-0.05, 0) is 39.7 Å². The van der Waals surface area contributed by atoms with Crippen molar-refractivity contribution in [2.75, 3.05) is 0 Å². The molecule has 0 aliphatic heterocycles. The Morgan fingerprint density at radius 2 is 1.89 bits per heavy atom. The molecule has 98 valence electrons. The van der Waals surface area contributed by atoms with Crippen LogP contribution in [0.15, 0.2) is 40.2 Å². The molecule has 0 bridgehead atoms. The Balaban J connectivity index is 2.20. The van der Waals surface area contributed by atoms with Crippen molar-refractivity contribution in [2.45, 2.75) is 11.5 Å². The highest BCUT2D eigenvalue weighted by Crippen LogP contribution is 2.25. The second-order valence-corrected chi connectivity index (χ2v) is 8.62. The minimum absolute atomic E-state index is 0.00301. The Morgan fingerprint density at radius 3 is 2.53 bits per heavy atom. The van der Waals surface area contributed by atoms with Crippen LogP contribution in [0.3, 0.4) is 0 Å². The summed E-state index contributed by atoms with van der Waals surface area (Å²) in [6.45, 7) is 0. The van der Waals surface area contributed by atoms with Gasteiger partial charge in [0.25, 0.3) is 0 Å². The Labute approximate surface area is 124 Å². The van der Waals surface area contributed by atoms with Gasteiger partial charge in [0.2, 0.25) is 0 Å². The fourth-order valence-corrected chi connectivity index (χ4v) is 5.10. The number of halogens is 1. The molecule has 0 saturated carbocycles. The van der Waals surface area contributed by atoms with Gasteiger partial charge in [0, 0.05) is 4.88 Å². The summed E-state index contributed by atoms with van der Waals surface area (Å²) in [6, 6.07) is 12.4. The SMILES string of the molecule is N#Cc1ccccc1CS(=O)(=O)Cc1ccc(Br)s1. The van der Waals surface area contributed by atoms with Gasteiger partial charge in [0.1, 0.15) is 0 Å². The molecule has 0 amide bonds. The van der Waals surface area contributed by atoms with Gasteiger partial charge < -0.3 is 0 Å². The highest BCUT2D eigenvalue weighted by atomic mass is 79.9. The molecule has 1 aromatic heterocycles. The number of thiophene rings is 1. The van der Waals surface area contributed by atoms with Gasteiger partial charge in [0.05, 0.1) is 26.9 Å². The first kappa shape index (κ1) is 14.3. The Hall–Kier alpha value is -1.16. The lowest BCUT2D eigenvalue weighted by atomic mass is 10.1. The summed E-state index contributed by atoms with van der Waals surface area (Å²) in [7, 11) is -3.27. The minimum atomic E-state index is -3.27. The van der Waals surface area contributed by atoms with Gasteiger partial charge in [-0.1, -0.05) is 18.2 Å². The summed E-state index contributed by atoms with van der Waals surface area (Å²) in [5.41, 5.74) is 0.971. The Bertz CT molecular complexity index is 729. The predicted molar refractivity (Wildman–Crippen MR) is 79.5 cm³/mol. The van der Waals surface area contributed by atoms with E-state index in [2.05, 4.69) is 15.9 Å². The highest BCUT2D eigenvalue weighted by molar-refractivity contribution is 9.11. The van der Waals surface area contributed by atoms with Crippen molar-refractivity contribution in [3.05, 3.63) is 56.2 Å². The normalized spacial score (nSPS) is 11.2. The van der Waals surface area contributed by atoms with Crippen LogP contribution in [0.1, 0.15) is 16.0 Å². The first-order valence-corrected chi connectivity index (χ1v) is 8.86. The van der Waals surface area contributed by atoms with E-state index in [1.54, 1.807) is 30.3 Å². The maximum Gasteiger partial charge on any atom is 0.159 e. The van der Waals surface area contributed by atoms with Crippen LogP contribution >= 0.6 is 27.3 Å². The molecule has 3 nitrogen and oxygen atoms in total. The third kappa shape index (κ3) is 3.90. The maximum absolute atomic E-state index is 12.1. The molecule has 0 fully saturated rings. The zero-order valence-corrected chi connectivity index (χ0v) is 13.1. The average molecular weight is 356 g/mol. The van der Waals surface area contributed by atoms with E-state index in [1.165, 1.54) is 11.3 Å². The molecule has 0 saturated heterocycles. The molecule has 0 atom stereocenters. The smallest absolute Gasteiger partial charge is 0.159 e. The van der Waals surface area contributed by atoms with Crippen molar-refractivity contribution >= 4 is 37.1 Å². The predicted octanol–water partition coefficient (Wildman–Crippen LogP) is 3.50. The van der Waals surface area contributed by atoms with Gasteiger partial charge in [-0.25, -0.2) is 8.42 Å². The molecule has 1 aromatic carbocycles. The molecule has 0 aliphatic rings. The van der Waals surface area contributed by atoms with Crippen molar-refractivity contribution in [3.63, 3.8) is 0 Å². The molecule has 6 heteroatoms. The topological polar surface area (TPSA) is 57.9 Å². The van der Waals surface area contributed by atoms with Gasteiger partial charge >= 0.3 is 0 Å². The van der Waals surface area contributed by atoms with Crippen LogP contribution in [0.2, 0.25) is 0 Å². The molecule has 1 heterocycles. The number of nitriles is 1. The van der Waals surface area contributed by atoms with Crippen molar-refractivity contribution < 1.29 is 8.42 Å². The summed E-state index contributed by atoms with van der Waals surface area (Å²) >= 11 is 4.72. The monoisotopic (exact) mass is 355 g/mol. The lowest BCUT2D eigenvalue weighted by Crippen LogP contribution is -2.07. The summed E-state index contributed by atoms with van der Waals surface area (Å²) in [4.78, 5) is 0.793. The van der Waals surface area contributed by atoms with Gasteiger partial charge in [-0.2, -0.15) is 5.26 Å². The first-order valence-electron chi connectivity index (χ1n) is 5.43. The van der Waals surface area contributed by atoms with Crippen LogP contribution < -0.4 is 0 Å². The standard InChI is InChI=1S/C13H10BrNO2S2/c14-13-6-5-12(18-13)9-19(16,17)8-11-4-2-1-3-10(11)7-15/h1-6H,8-9H2. The molecule has 0 aliphatic carbocycles. The number of sulfone groups is 1. The van der Waals surface area contributed by atoms with Crippen LogP contribution in [0.25, 0.3) is 0 Å². The molecular weight excluding hydrogens is 346 g/mol. The molecular formula is C13H10BrNO2S2. The third-order valence-electron chi connectivity index (χ3n) is 2.50. The van der Waals surface area contributed by atoms with E-state index in [0.717, 1.165) is 8.66 Å². The van der Waals surface area contributed by atoms with Crippen molar-refractivity contribution in [1.82, 2.24) is 0 Å². The molecule has 0 N–H and O–H groups in total. The molecule has 2 rings (SSSR count). The lowest BCUT2D eigenvalue weighted by Gasteiger charge is -2.04. The number of hydrogen-bond acceptors (Lipinski definition) is 4. The van der Waals surface area contributed by atoms with E-state index in [0.29, 0.717) is 11.1 Å². The Morgan fingerprint density at radius 1 is 1.16 bits per heavy atom. The zero-order valence-electron chi connectivity index (χ0n) is 9.84. The van der Waals surface area contributed by atoms with E-state index in [1.807, 2.05) is 12.1 Å². The summed E-state index contributed by atoms with van der Waals surface area (Å²) < 4.78 is 25.2. The summed E-state index contributed by atoms with van der Waals surface area (Å²) in [5, 5.41) is 8.96. The van der Waals surface area contributed by atoms with Crippen LogP contribution in [-0.2, 0) is 21.3 Å². The number of hydrogen-bond donors (Lipinski definition) is 0. The molecule has 0 radical (unpaired) electrons. The largest absolute Gasteiger partial charge is 0.228 e. The molecule has 2 aromatic rings. The van der Waals surface area contributed by atoms with Crippen molar-refractivity contribution in [3.8, 4) is 6.07 Å². The zero-order chi connectivity index (χ0) is 13.9. The van der Waals surface area contributed by atoms with Crippen LogP contribution in [0.4, 0.5) is 0 Å². The fraction of sp³-hybridized carbons (Fsp3) is 0.154. The quantitative estimate of drug-likeness (QED) is 0.843. The van der Waals surface area contributed by atoms with Crippen molar-refractivity contribution in [2.24, 2.45) is 0 Å². The van der Waals surface area contributed by atoms with Crippen molar-refractivity contribution in [1.29, 1.82) is 5.26 Å². The maximum atomic E-state index is 12.1. The summed E-state index contributed by atoms with van der Waals surface area (Å²) in [6.07, 6.45) is 0. The number of nitrogens with zero attached hydrogens (tertiary/aromatic N) is 1. The molecule has 0 unspecified atom stereocenters. The van der Waals surface area contributed by atoms with E-state index < -0.39 is 9.84 Å². The second-order valence-electron chi connectivity index (χ2n) is 4.01. The Kier molecular flexibility index (Phi) is 4.40. The van der Waals surface area contributed by atoms with Crippen LogP contribution in [-0.4, -0.2) is 8.42 Å². The van der Waals surface area contributed by atoms with Gasteiger partial charge in [-0.15, -0.1) is 11.3 Å². The molecule has 19 heavy (non-hydrogen) atoms. The van der Waals surface area contributed by atoms with Gasteiger partial charge in [0.15, 0.2) is 9.84 Å². The number of rotatable bonds is 4. The van der Waals surface area contributed by atoms with Crippen LogP contribution in [0, 0.1) is 11.3 Å². The highest BCUT2D eigenvalue weighted by Gasteiger charge is 2.16. The van der Waals surface area contributed by atoms with Gasteiger partial charge in [-0.3, -0.25) is 0 Å². The second kappa shape index (κ2) is 5.87. The third-order valence-corrected chi connectivity index (χ3v) is 5.81. The van der Waals surface area contributed by atoms with E-state index >= 15 is 0 Å². The van der Waals surface area contributed by atoms with E-state index in [4.69, 9.17) is 5.26 Å². The van der Waals surface area contributed by atoms with E-state index in [9.17, 15) is 8.42 Å². The first-order chi connectivity index (χ1) is 9.00. The molecule has 0 spiro atoms. The van der Waals surface area contributed by atoms with E-state index in [-0.39, 0.29) is 11.5 Å². The lowest BCUT2D eigenvalue weighted by molar-refractivity contribution is 0.595. The number of benzene rings is 1. The van der Waals surface area contributed by atoms with Crippen LogP contribution in [0.5, 0.6) is 0 Å². The minimum Gasteiger partial charge on any atom is -0.228 e. The average Bonchev–Trinajstić information content (AvgIpc) is 2.74.